The van der Waals surface area contributed by atoms with E-state index < -0.39 is 0 Å². The number of hydrogen-bond donors (Lipinski definition) is 1. The number of hydrogen-bond acceptors (Lipinski definition) is 3. The Bertz CT molecular complexity index is 312. The summed E-state index contributed by atoms with van der Waals surface area (Å²) in [5.41, 5.74) is 2.34. The van der Waals surface area contributed by atoms with Gasteiger partial charge in [0.25, 0.3) is 0 Å². The van der Waals surface area contributed by atoms with E-state index in [0.29, 0.717) is 0 Å². The van der Waals surface area contributed by atoms with Crippen molar-refractivity contribution in [1.82, 2.24) is 10.3 Å². The maximum absolute atomic E-state index is 4.32. The highest BCUT2D eigenvalue weighted by Crippen LogP contribution is 2.15. The lowest BCUT2D eigenvalue weighted by atomic mass is 10.1. The maximum atomic E-state index is 4.32. The van der Waals surface area contributed by atoms with Gasteiger partial charge in [0.2, 0.25) is 0 Å². The molecule has 1 aromatic heterocycles. The second kappa shape index (κ2) is 6.48. The van der Waals surface area contributed by atoms with E-state index in [-0.39, 0.29) is 0 Å². The fraction of sp³-hybridized carbons (Fsp3) is 0.615. The zero-order chi connectivity index (χ0) is 12.0. The van der Waals surface area contributed by atoms with E-state index in [0.717, 1.165) is 24.7 Å². The summed E-state index contributed by atoms with van der Waals surface area (Å²) in [4.78, 5) is 6.62. The van der Waals surface area contributed by atoms with E-state index in [9.17, 15) is 0 Å². The summed E-state index contributed by atoms with van der Waals surface area (Å²) < 4.78 is 0. The Kier molecular flexibility index (Phi) is 5.26. The zero-order valence-electron chi connectivity index (χ0n) is 10.8. The third-order valence-electron chi connectivity index (χ3n) is 2.88. The standard InChI is InChI=1S/C13H23N3/c1-5-11(2)10-16(4)13-6-7-15-12(8-13)9-14-3/h6-8,11,14H,5,9-10H2,1-4H3. The molecular weight excluding hydrogens is 198 g/mol. The minimum atomic E-state index is 0.728. The van der Waals surface area contributed by atoms with Crippen LogP contribution >= 0.6 is 0 Å². The third kappa shape index (κ3) is 3.81. The molecule has 1 unspecified atom stereocenters. The predicted molar refractivity (Wildman–Crippen MR) is 69.7 cm³/mol. The first-order valence-electron chi connectivity index (χ1n) is 5.98. The van der Waals surface area contributed by atoms with Crippen LogP contribution in [0.5, 0.6) is 0 Å². The van der Waals surface area contributed by atoms with Gasteiger partial charge in [-0.1, -0.05) is 20.3 Å². The molecule has 90 valence electrons. The van der Waals surface area contributed by atoms with Crippen molar-refractivity contribution in [2.75, 3.05) is 25.5 Å². The molecule has 0 saturated carbocycles. The Hall–Kier alpha value is -1.09. The molecule has 0 bridgehead atoms. The lowest BCUT2D eigenvalue weighted by Crippen LogP contribution is -2.23. The normalized spacial score (nSPS) is 12.5. The summed E-state index contributed by atoms with van der Waals surface area (Å²) in [6.07, 6.45) is 3.11. The van der Waals surface area contributed by atoms with Gasteiger partial charge < -0.3 is 10.2 Å². The average molecular weight is 221 g/mol. The highest BCUT2D eigenvalue weighted by Gasteiger charge is 2.06. The maximum Gasteiger partial charge on any atom is 0.0562 e. The van der Waals surface area contributed by atoms with E-state index in [1.807, 2.05) is 13.2 Å². The summed E-state index contributed by atoms with van der Waals surface area (Å²) in [5, 5.41) is 3.12. The van der Waals surface area contributed by atoms with Crippen LogP contribution in [0.1, 0.15) is 26.0 Å². The first kappa shape index (κ1) is 13.0. The van der Waals surface area contributed by atoms with Crippen molar-refractivity contribution >= 4 is 5.69 Å². The predicted octanol–water partition coefficient (Wildman–Crippen LogP) is 2.28. The van der Waals surface area contributed by atoms with Crippen LogP contribution in [0.4, 0.5) is 5.69 Å². The lowest BCUT2D eigenvalue weighted by molar-refractivity contribution is 0.559. The lowest BCUT2D eigenvalue weighted by Gasteiger charge is -2.23. The topological polar surface area (TPSA) is 28.2 Å². The fourth-order valence-corrected chi connectivity index (χ4v) is 1.68. The van der Waals surface area contributed by atoms with E-state index in [2.05, 4.69) is 48.2 Å². The quantitative estimate of drug-likeness (QED) is 0.799. The highest BCUT2D eigenvalue weighted by molar-refractivity contribution is 5.45. The van der Waals surface area contributed by atoms with Gasteiger partial charge in [-0.05, 0) is 25.1 Å². The van der Waals surface area contributed by atoms with Crippen molar-refractivity contribution < 1.29 is 0 Å². The fourth-order valence-electron chi connectivity index (χ4n) is 1.68. The molecule has 0 aliphatic heterocycles. The van der Waals surface area contributed by atoms with Crippen molar-refractivity contribution in [1.29, 1.82) is 0 Å². The average Bonchev–Trinajstić information content (AvgIpc) is 2.29. The first-order chi connectivity index (χ1) is 7.67. The van der Waals surface area contributed by atoms with E-state index >= 15 is 0 Å². The van der Waals surface area contributed by atoms with Crippen LogP contribution < -0.4 is 10.2 Å². The van der Waals surface area contributed by atoms with Gasteiger partial charge in [0, 0.05) is 32.0 Å². The second-order valence-electron chi connectivity index (χ2n) is 4.43. The van der Waals surface area contributed by atoms with Crippen molar-refractivity contribution in [3.05, 3.63) is 24.0 Å². The molecule has 0 aromatic carbocycles. The summed E-state index contributed by atoms with van der Waals surface area (Å²) in [6.45, 7) is 6.44. The Morgan fingerprint density at radius 3 is 2.88 bits per heavy atom. The molecule has 1 rings (SSSR count). The Morgan fingerprint density at radius 2 is 2.25 bits per heavy atom. The summed E-state index contributed by atoms with van der Waals surface area (Å²) in [6, 6.07) is 4.22. The van der Waals surface area contributed by atoms with E-state index in [4.69, 9.17) is 0 Å². The minimum absolute atomic E-state index is 0.728. The molecule has 1 atom stereocenters. The molecule has 1 aromatic rings. The third-order valence-corrected chi connectivity index (χ3v) is 2.88. The molecule has 0 aliphatic rings. The van der Waals surface area contributed by atoms with Gasteiger partial charge >= 0.3 is 0 Å². The summed E-state index contributed by atoms with van der Waals surface area (Å²) >= 11 is 0. The SMILES string of the molecule is CCC(C)CN(C)c1ccnc(CNC)c1. The van der Waals surface area contributed by atoms with E-state index in [1.165, 1.54) is 12.1 Å². The molecule has 1 heterocycles. The smallest absolute Gasteiger partial charge is 0.0562 e. The van der Waals surface area contributed by atoms with Crippen molar-refractivity contribution in [3.63, 3.8) is 0 Å². The van der Waals surface area contributed by atoms with Crippen LogP contribution in [0.15, 0.2) is 18.3 Å². The molecule has 0 spiro atoms. The Morgan fingerprint density at radius 1 is 1.50 bits per heavy atom. The summed E-state index contributed by atoms with van der Waals surface area (Å²) in [7, 11) is 4.09. The van der Waals surface area contributed by atoms with Crippen LogP contribution in [0.25, 0.3) is 0 Å². The molecular formula is C13H23N3. The number of rotatable bonds is 6. The highest BCUT2D eigenvalue weighted by atomic mass is 15.1. The number of anilines is 1. The molecule has 0 saturated heterocycles. The Balaban J connectivity index is 2.67. The van der Waals surface area contributed by atoms with Gasteiger partial charge in [0.05, 0.1) is 5.69 Å². The number of pyridine rings is 1. The van der Waals surface area contributed by atoms with Crippen LogP contribution in [0.2, 0.25) is 0 Å². The van der Waals surface area contributed by atoms with Crippen molar-refractivity contribution in [2.24, 2.45) is 5.92 Å². The molecule has 0 aliphatic carbocycles. The molecule has 3 heteroatoms. The zero-order valence-corrected chi connectivity index (χ0v) is 10.8. The monoisotopic (exact) mass is 221 g/mol. The second-order valence-corrected chi connectivity index (χ2v) is 4.43. The van der Waals surface area contributed by atoms with Crippen molar-refractivity contribution in [3.8, 4) is 0 Å². The molecule has 0 fully saturated rings. The number of nitrogens with one attached hydrogen (secondary N) is 1. The summed E-state index contributed by atoms with van der Waals surface area (Å²) in [5.74, 6) is 0.728. The minimum Gasteiger partial charge on any atom is -0.374 e. The van der Waals surface area contributed by atoms with Crippen molar-refractivity contribution in [2.45, 2.75) is 26.8 Å². The molecule has 0 radical (unpaired) electrons. The van der Waals surface area contributed by atoms with Gasteiger partial charge in [0.1, 0.15) is 0 Å². The van der Waals surface area contributed by atoms with Gasteiger partial charge in [0.15, 0.2) is 0 Å². The van der Waals surface area contributed by atoms with Crippen LogP contribution in [0, 0.1) is 5.92 Å². The van der Waals surface area contributed by atoms with Gasteiger partial charge in [-0.2, -0.15) is 0 Å². The number of nitrogens with zero attached hydrogens (tertiary/aromatic N) is 2. The van der Waals surface area contributed by atoms with Crippen LogP contribution in [-0.4, -0.2) is 25.6 Å². The van der Waals surface area contributed by atoms with Gasteiger partial charge in [-0.3, -0.25) is 4.98 Å². The molecule has 3 nitrogen and oxygen atoms in total. The van der Waals surface area contributed by atoms with E-state index in [1.54, 1.807) is 0 Å². The van der Waals surface area contributed by atoms with Gasteiger partial charge in [-0.15, -0.1) is 0 Å². The molecule has 16 heavy (non-hydrogen) atoms. The largest absolute Gasteiger partial charge is 0.374 e. The number of aromatic nitrogens is 1. The first-order valence-corrected chi connectivity index (χ1v) is 5.98. The van der Waals surface area contributed by atoms with Crippen LogP contribution in [-0.2, 0) is 6.54 Å². The Labute approximate surface area is 98.9 Å². The molecule has 1 N–H and O–H groups in total. The van der Waals surface area contributed by atoms with Crippen LogP contribution in [0.3, 0.4) is 0 Å². The van der Waals surface area contributed by atoms with Gasteiger partial charge in [-0.25, -0.2) is 0 Å². The molecule has 0 amide bonds.